The largest absolute Gasteiger partial charge is 1.00 e. The SMILES string of the molecule is O=S([O-])O.[CH2-]CCCCCCCCCCC.[Na+]. The maximum absolute atomic E-state index is 8.56. The Morgan fingerprint density at radius 3 is 1.59 bits per heavy atom. The topological polar surface area (TPSA) is 60.4 Å². The Hall–Kier alpha value is 1.07. The second-order valence-corrected chi connectivity index (χ2v) is 4.33. The van der Waals surface area contributed by atoms with Gasteiger partial charge in [0.05, 0.1) is 11.4 Å². The van der Waals surface area contributed by atoms with Gasteiger partial charge in [-0.1, -0.05) is 64.7 Å². The van der Waals surface area contributed by atoms with Crippen molar-refractivity contribution in [1.82, 2.24) is 0 Å². The molecule has 1 N–H and O–H groups in total. The van der Waals surface area contributed by atoms with E-state index >= 15 is 0 Å². The molecule has 0 fully saturated rings. The molecule has 0 radical (unpaired) electrons. The molecular weight excluding hydrogens is 247 g/mol. The first-order valence-electron chi connectivity index (χ1n) is 6.22. The molecule has 0 saturated heterocycles. The summed E-state index contributed by atoms with van der Waals surface area (Å²) in [5.74, 6) is 0. The van der Waals surface area contributed by atoms with Gasteiger partial charge in [-0.2, -0.15) is 6.42 Å². The van der Waals surface area contributed by atoms with Crippen molar-refractivity contribution >= 4 is 11.4 Å². The Labute approximate surface area is 132 Å². The molecule has 0 aromatic carbocycles. The van der Waals surface area contributed by atoms with E-state index in [4.69, 9.17) is 13.3 Å². The molecular formula is C12H26NaO3S-. The molecule has 0 amide bonds. The Kier molecular flexibility index (Phi) is 30.4. The summed E-state index contributed by atoms with van der Waals surface area (Å²) in [5, 5.41) is 0. The van der Waals surface area contributed by atoms with Crippen molar-refractivity contribution in [3.05, 3.63) is 6.92 Å². The third-order valence-corrected chi connectivity index (χ3v) is 2.35. The van der Waals surface area contributed by atoms with Crippen LogP contribution in [0.3, 0.4) is 0 Å². The van der Waals surface area contributed by atoms with Gasteiger partial charge in [0.25, 0.3) is 0 Å². The Bertz CT molecular complexity index is 132. The summed E-state index contributed by atoms with van der Waals surface area (Å²) in [4.78, 5) is 0. The van der Waals surface area contributed by atoms with E-state index in [-0.39, 0.29) is 29.6 Å². The van der Waals surface area contributed by atoms with E-state index in [1.807, 2.05) is 0 Å². The molecule has 0 aliphatic heterocycles. The smallest absolute Gasteiger partial charge is 0.750 e. The van der Waals surface area contributed by atoms with Gasteiger partial charge < -0.3 is 16.0 Å². The summed E-state index contributed by atoms with van der Waals surface area (Å²) in [6.07, 6.45) is 13.9. The van der Waals surface area contributed by atoms with Crippen molar-refractivity contribution in [3.8, 4) is 0 Å². The molecule has 1 atom stereocenters. The van der Waals surface area contributed by atoms with E-state index in [2.05, 4.69) is 13.8 Å². The standard InChI is InChI=1S/C12H25.Na.H2O3S/c1-3-5-7-9-11-12-10-8-6-4-2;;1-4(2)3/h1,3-12H2,2H3;;(H2,1,2,3)/q-1;+1;/p-1. The van der Waals surface area contributed by atoms with Gasteiger partial charge in [0.15, 0.2) is 0 Å². The zero-order valence-electron chi connectivity index (χ0n) is 11.5. The summed E-state index contributed by atoms with van der Waals surface area (Å²) < 4.78 is 24.1. The molecule has 5 heteroatoms. The zero-order chi connectivity index (χ0) is 12.6. The van der Waals surface area contributed by atoms with Crippen LogP contribution in [-0.4, -0.2) is 13.3 Å². The minimum Gasteiger partial charge on any atom is -0.750 e. The van der Waals surface area contributed by atoms with Crippen LogP contribution < -0.4 is 29.6 Å². The van der Waals surface area contributed by atoms with Crippen LogP contribution in [0.25, 0.3) is 0 Å². The van der Waals surface area contributed by atoms with Gasteiger partial charge in [0.1, 0.15) is 0 Å². The van der Waals surface area contributed by atoms with Gasteiger partial charge in [-0.05, 0) is 0 Å². The van der Waals surface area contributed by atoms with Crippen molar-refractivity contribution in [3.63, 3.8) is 0 Å². The van der Waals surface area contributed by atoms with Crippen LogP contribution in [0.15, 0.2) is 0 Å². The van der Waals surface area contributed by atoms with Gasteiger partial charge in [-0.15, -0.1) is 0 Å². The molecule has 17 heavy (non-hydrogen) atoms. The van der Waals surface area contributed by atoms with Crippen molar-refractivity contribution in [2.75, 3.05) is 0 Å². The maximum Gasteiger partial charge on any atom is 1.00 e. The third-order valence-electron chi connectivity index (χ3n) is 2.35. The molecule has 0 aliphatic rings. The number of rotatable bonds is 9. The monoisotopic (exact) mass is 273 g/mol. The average Bonchev–Trinajstić information content (AvgIpc) is 2.21. The first-order chi connectivity index (χ1) is 7.65. The summed E-state index contributed by atoms with van der Waals surface area (Å²) in [7, 11) is 0. The minimum atomic E-state index is -2.86. The molecule has 100 valence electrons. The van der Waals surface area contributed by atoms with E-state index in [0.29, 0.717) is 0 Å². The van der Waals surface area contributed by atoms with Crippen LogP contribution in [0.2, 0.25) is 0 Å². The first kappa shape index (κ1) is 23.2. The summed E-state index contributed by atoms with van der Waals surface area (Å²) in [6.45, 7) is 6.12. The van der Waals surface area contributed by atoms with E-state index in [0.717, 1.165) is 6.42 Å². The van der Waals surface area contributed by atoms with E-state index < -0.39 is 11.4 Å². The Balaban J connectivity index is -0.000000340. The van der Waals surface area contributed by atoms with Crippen LogP contribution in [-0.2, 0) is 11.4 Å². The molecule has 0 bridgehead atoms. The molecule has 0 aromatic rings. The van der Waals surface area contributed by atoms with Crippen LogP contribution in [0, 0.1) is 6.92 Å². The molecule has 3 nitrogen and oxygen atoms in total. The summed E-state index contributed by atoms with van der Waals surface area (Å²) in [6, 6.07) is 0. The van der Waals surface area contributed by atoms with Crippen molar-refractivity contribution < 1.29 is 42.9 Å². The maximum atomic E-state index is 8.56. The molecule has 1 unspecified atom stereocenters. The Morgan fingerprint density at radius 1 is 1.00 bits per heavy atom. The normalized spacial score (nSPS) is 11.1. The predicted octanol–water partition coefficient (Wildman–Crippen LogP) is 1.08. The number of unbranched alkanes of at least 4 members (excludes halogenated alkanes) is 9. The predicted molar refractivity (Wildman–Crippen MR) is 68.7 cm³/mol. The quantitative estimate of drug-likeness (QED) is 0.296. The van der Waals surface area contributed by atoms with Gasteiger partial charge in [0, 0.05) is 0 Å². The van der Waals surface area contributed by atoms with E-state index in [9.17, 15) is 0 Å². The van der Waals surface area contributed by atoms with Gasteiger partial charge in [0.2, 0.25) is 0 Å². The molecule has 0 spiro atoms. The average molecular weight is 273 g/mol. The van der Waals surface area contributed by atoms with Gasteiger partial charge >= 0.3 is 29.6 Å². The zero-order valence-corrected chi connectivity index (χ0v) is 14.3. The second-order valence-electron chi connectivity index (χ2n) is 3.90. The molecule has 0 aliphatic carbocycles. The summed E-state index contributed by atoms with van der Waals surface area (Å²) in [5.41, 5.74) is 0. The molecule has 0 heterocycles. The van der Waals surface area contributed by atoms with Crippen LogP contribution >= 0.6 is 0 Å². The number of hydrogen-bond donors (Lipinski definition) is 1. The molecule has 0 rings (SSSR count). The van der Waals surface area contributed by atoms with Gasteiger partial charge in [-0.3, -0.25) is 0 Å². The fraction of sp³-hybridized carbons (Fsp3) is 0.917. The first-order valence-corrected chi connectivity index (χ1v) is 7.25. The second kappa shape index (κ2) is 22.3. The van der Waals surface area contributed by atoms with Crippen molar-refractivity contribution in [1.29, 1.82) is 0 Å². The molecule has 0 aromatic heterocycles. The van der Waals surface area contributed by atoms with E-state index in [1.54, 1.807) is 0 Å². The van der Waals surface area contributed by atoms with Crippen LogP contribution in [0.1, 0.15) is 71.1 Å². The van der Waals surface area contributed by atoms with E-state index in [1.165, 1.54) is 57.8 Å². The van der Waals surface area contributed by atoms with Crippen LogP contribution in [0.4, 0.5) is 0 Å². The summed E-state index contributed by atoms with van der Waals surface area (Å²) >= 11 is -2.86. The fourth-order valence-corrected chi connectivity index (χ4v) is 1.49. The number of hydrogen-bond acceptors (Lipinski definition) is 2. The third kappa shape index (κ3) is 38.2. The Morgan fingerprint density at radius 2 is 1.29 bits per heavy atom. The fourth-order valence-electron chi connectivity index (χ4n) is 1.49. The van der Waals surface area contributed by atoms with Crippen molar-refractivity contribution in [2.24, 2.45) is 0 Å². The minimum absolute atomic E-state index is 0. The molecule has 0 saturated carbocycles. The van der Waals surface area contributed by atoms with Gasteiger partial charge in [-0.25, -0.2) is 4.21 Å². The van der Waals surface area contributed by atoms with Crippen molar-refractivity contribution in [2.45, 2.75) is 71.1 Å². The van der Waals surface area contributed by atoms with Crippen LogP contribution in [0.5, 0.6) is 0 Å².